The van der Waals surface area contributed by atoms with Crippen molar-refractivity contribution in [3.8, 4) is 0 Å². The Labute approximate surface area is 76.9 Å². The summed E-state index contributed by atoms with van der Waals surface area (Å²) < 4.78 is 0. The predicted molar refractivity (Wildman–Crippen MR) is 47.9 cm³/mol. The van der Waals surface area contributed by atoms with Gasteiger partial charge in [0.05, 0.1) is 6.61 Å². The lowest BCUT2D eigenvalue weighted by atomic mass is 9.71. The molecule has 3 rings (SSSR count). The Morgan fingerprint density at radius 2 is 2.38 bits per heavy atom. The van der Waals surface area contributed by atoms with Crippen LogP contribution in [-0.4, -0.2) is 17.5 Å². The molecule has 0 amide bonds. The molecule has 68 valence electrons. The summed E-state index contributed by atoms with van der Waals surface area (Å²) in [7, 11) is 0. The number of aliphatic hydroxyl groups is 1. The first-order valence-corrected chi connectivity index (χ1v) is 4.80. The smallest absolute Gasteiger partial charge is 0.160 e. The molecule has 13 heavy (non-hydrogen) atoms. The minimum absolute atomic E-state index is 0.0486. The predicted octanol–water partition coefficient (Wildman–Crippen LogP) is 0.926. The molecule has 4 atom stereocenters. The van der Waals surface area contributed by atoms with E-state index in [1.807, 2.05) is 6.08 Å². The Morgan fingerprint density at radius 3 is 3.08 bits per heavy atom. The molecule has 1 fully saturated rings. The van der Waals surface area contributed by atoms with Crippen LogP contribution in [0, 0.1) is 23.2 Å². The monoisotopic (exact) mass is 176 g/mol. The molecule has 0 saturated heterocycles. The molecule has 0 aliphatic heterocycles. The third-order valence-corrected chi connectivity index (χ3v) is 3.95. The van der Waals surface area contributed by atoms with Crippen molar-refractivity contribution in [1.82, 2.24) is 0 Å². The number of fused-ring (bicyclic) bond motifs is 5. The van der Waals surface area contributed by atoms with Crippen molar-refractivity contribution in [2.75, 3.05) is 6.61 Å². The Bertz CT molecular complexity index is 329. The molecule has 4 unspecified atom stereocenters. The van der Waals surface area contributed by atoms with Crippen LogP contribution in [0.1, 0.15) is 6.42 Å². The van der Waals surface area contributed by atoms with Crippen molar-refractivity contribution >= 4 is 5.78 Å². The van der Waals surface area contributed by atoms with Gasteiger partial charge in [-0.2, -0.15) is 0 Å². The van der Waals surface area contributed by atoms with Crippen LogP contribution in [0.25, 0.3) is 0 Å². The molecule has 0 aromatic carbocycles. The number of hydrogen-bond acceptors (Lipinski definition) is 2. The molecular weight excluding hydrogens is 164 g/mol. The molecule has 0 spiro atoms. The molecule has 2 nitrogen and oxygen atoms in total. The van der Waals surface area contributed by atoms with Gasteiger partial charge >= 0.3 is 0 Å². The van der Waals surface area contributed by atoms with Gasteiger partial charge in [-0.3, -0.25) is 4.79 Å². The zero-order valence-electron chi connectivity index (χ0n) is 7.31. The topological polar surface area (TPSA) is 37.3 Å². The minimum atomic E-state index is -0.226. The van der Waals surface area contributed by atoms with Gasteiger partial charge < -0.3 is 5.11 Å². The first-order valence-electron chi connectivity index (χ1n) is 4.80. The minimum Gasteiger partial charge on any atom is -0.395 e. The van der Waals surface area contributed by atoms with Gasteiger partial charge in [0, 0.05) is 11.3 Å². The maximum atomic E-state index is 11.6. The maximum Gasteiger partial charge on any atom is 0.160 e. The van der Waals surface area contributed by atoms with E-state index < -0.39 is 0 Å². The first-order chi connectivity index (χ1) is 6.28. The number of rotatable bonds is 1. The van der Waals surface area contributed by atoms with E-state index in [1.165, 1.54) is 0 Å². The van der Waals surface area contributed by atoms with Crippen LogP contribution >= 0.6 is 0 Å². The third kappa shape index (κ3) is 0.670. The van der Waals surface area contributed by atoms with Gasteiger partial charge in [-0.1, -0.05) is 18.2 Å². The molecule has 2 heteroatoms. The molecule has 1 N–H and O–H groups in total. The van der Waals surface area contributed by atoms with Gasteiger partial charge in [0.2, 0.25) is 0 Å². The van der Waals surface area contributed by atoms with Crippen LogP contribution in [-0.2, 0) is 4.79 Å². The van der Waals surface area contributed by atoms with Crippen LogP contribution in [0.3, 0.4) is 0 Å². The first kappa shape index (κ1) is 7.51. The van der Waals surface area contributed by atoms with Gasteiger partial charge in [-0.05, 0) is 24.3 Å². The largest absolute Gasteiger partial charge is 0.395 e. The van der Waals surface area contributed by atoms with E-state index in [2.05, 4.69) is 12.2 Å². The second-order valence-electron chi connectivity index (χ2n) is 4.37. The van der Waals surface area contributed by atoms with Crippen molar-refractivity contribution in [2.45, 2.75) is 6.42 Å². The second kappa shape index (κ2) is 2.13. The fourth-order valence-electron chi connectivity index (χ4n) is 3.31. The zero-order valence-corrected chi connectivity index (χ0v) is 7.31. The lowest BCUT2D eigenvalue weighted by molar-refractivity contribution is -0.121. The van der Waals surface area contributed by atoms with Gasteiger partial charge in [-0.25, -0.2) is 0 Å². The van der Waals surface area contributed by atoms with Gasteiger partial charge in [0.25, 0.3) is 0 Å². The SMILES string of the molecule is O=C1C=CC2(CO)C3C=CC(C3)C12. The summed E-state index contributed by atoms with van der Waals surface area (Å²) >= 11 is 0. The summed E-state index contributed by atoms with van der Waals surface area (Å²) in [5, 5.41) is 9.43. The van der Waals surface area contributed by atoms with Gasteiger partial charge in [0.1, 0.15) is 0 Å². The van der Waals surface area contributed by atoms with Crippen LogP contribution in [0.2, 0.25) is 0 Å². The molecule has 0 aromatic rings. The summed E-state index contributed by atoms with van der Waals surface area (Å²) in [6.07, 6.45) is 8.97. The zero-order chi connectivity index (χ0) is 9.05. The molecule has 3 aliphatic rings. The summed E-state index contributed by atoms with van der Waals surface area (Å²) in [5.41, 5.74) is -0.226. The van der Waals surface area contributed by atoms with Crippen molar-refractivity contribution in [3.05, 3.63) is 24.3 Å². The molecular formula is C11H12O2. The highest BCUT2D eigenvalue weighted by atomic mass is 16.3. The number of ketones is 1. The average molecular weight is 176 g/mol. The van der Waals surface area contributed by atoms with Crippen LogP contribution < -0.4 is 0 Å². The summed E-state index contributed by atoms with van der Waals surface area (Å²) in [6, 6.07) is 0. The molecule has 2 bridgehead atoms. The van der Waals surface area contributed by atoms with Gasteiger partial charge in [0.15, 0.2) is 5.78 Å². The maximum absolute atomic E-state index is 11.6. The third-order valence-electron chi connectivity index (χ3n) is 3.95. The van der Waals surface area contributed by atoms with E-state index >= 15 is 0 Å². The van der Waals surface area contributed by atoms with E-state index in [-0.39, 0.29) is 23.7 Å². The van der Waals surface area contributed by atoms with E-state index in [1.54, 1.807) is 6.08 Å². The van der Waals surface area contributed by atoms with Crippen LogP contribution in [0.4, 0.5) is 0 Å². The van der Waals surface area contributed by atoms with Crippen molar-refractivity contribution in [3.63, 3.8) is 0 Å². The highest BCUT2D eigenvalue weighted by molar-refractivity contribution is 5.96. The summed E-state index contributed by atoms with van der Waals surface area (Å²) in [4.78, 5) is 11.6. The van der Waals surface area contributed by atoms with E-state index in [4.69, 9.17) is 0 Å². The van der Waals surface area contributed by atoms with Crippen molar-refractivity contribution in [2.24, 2.45) is 23.2 Å². The number of carbonyl (C=O) groups excluding carboxylic acids is 1. The van der Waals surface area contributed by atoms with Crippen molar-refractivity contribution < 1.29 is 9.90 Å². The Kier molecular flexibility index (Phi) is 1.23. The number of carbonyl (C=O) groups is 1. The normalized spacial score (nSPS) is 50.5. The summed E-state index contributed by atoms with van der Waals surface area (Å²) in [5.74, 6) is 1.05. The second-order valence-corrected chi connectivity index (χ2v) is 4.37. The number of allylic oxidation sites excluding steroid dienone is 3. The lowest BCUT2D eigenvalue weighted by Crippen LogP contribution is -2.36. The molecule has 0 radical (unpaired) electrons. The van der Waals surface area contributed by atoms with Gasteiger partial charge in [-0.15, -0.1) is 0 Å². The standard InChI is InChI=1S/C11H12O2/c12-6-11-4-3-9(13)10(11)7-1-2-8(11)5-7/h1-4,7-8,10,12H,5-6H2. The molecule has 3 aliphatic carbocycles. The molecule has 0 aromatic heterocycles. The quantitative estimate of drug-likeness (QED) is 0.603. The highest BCUT2D eigenvalue weighted by Crippen LogP contribution is 2.59. The molecule has 1 saturated carbocycles. The van der Waals surface area contributed by atoms with Crippen molar-refractivity contribution in [1.29, 1.82) is 0 Å². The Balaban J connectivity index is 2.13. The van der Waals surface area contributed by atoms with Crippen LogP contribution in [0.15, 0.2) is 24.3 Å². The average Bonchev–Trinajstić information content (AvgIpc) is 2.77. The Hall–Kier alpha value is -0.890. The van der Waals surface area contributed by atoms with E-state index in [9.17, 15) is 9.90 Å². The van der Waals surface area contributed by atoms with E-state index in [0.29, 0.717) is 11.8 Å². The fourth-order valence-corrected chi connectivity index (χ4v) is 3.31. The Morgan fingerprint density at radius 1 is 1.54 bits per heavy atom. The number of aliphatic hydroxyl groups excluding tert-OH is 1. The number of hydrogen-bond donors (Lipinski definition) is 1. The highest BCUT2D eigenvalue weighted by Gasteiger charge is 2.58. The lowest BCUT2D eigenvalue weighted by Gasteiger charge is -2.32. The summed E-state index contributed by atoms with van der Waals surface area (Å²) in [6.45, 7) is 0.116. The fraction of sp³-hybridized carbons (Fsp3) is 0.545. The molecule has 0 heterocycles. The van der Waals surface area contributed by atoms with Crippen LogP contribution in [0.5, 0.6) is 0 Å². The van der Waals surface area contributed by atoms with E-state index in [0.717, 1.165) is 6.42 Å².